The molecule has 0 aliphatic heterocycles. The molecule has 0 amide bonds. The average Bonchev–Trinajstić information content (AvgIpc) is 3.09. The van der Waals surface area contributed by atoms with E-state index in [1.54, 1.807) is 7.05 Å². The molecule has 0 fully saturated rings. The number of thiophene rings is 1. The van der Waals surface area contributed by atoms with Gasteiger partial charge in [0.1, 0.15) is 0 Å². The lowest BCUT2D eigenvalue weighted by Crippen LogP contribution is -2.39. The maximum Gasteiger partial charge on any atom is 0.213 e. The van der Waals surface area contributed by atoms with Gasteiger partial charge >= 0.3 is 0 Å². The minimum atomic E-state index is 0. The summed E-state index contributed by atoms with van der Waals surface area (Å²) in [6.45, 7) is 7.79. The first-order chi connectivity index (χ1) is 12.1. The summed E-state index contributed by atoms with van der Waals surface area (Å²) in [7, 11) is 1.79. The molecular formula is C19H29IN4OS. The van der Waals surface area contributed by atoms with Crippen LogP contribution in [0.4, 0.5) is 0 Å². The molecular weight excluding hydrogens is 459 g/mol. The molecule has 26 heavy (non-hydrogen) atoms. The van der Waals surface area contributed by atoms with Crippen molar-refractivity contribution in [1.29, 1.82) is 0 Å². The van der Waals surface area contributed by atoms with Crippen molar-refractivity contribution in [3.05, 3.63) is 46.3 Å². The molecule has 0 saturated carbocycles. The molecule has 2 aromatic rings. The van der Waals surface area contributed by atoms with Gasteiger partial charge in [-0.15, -0.1) is 35.3 Å². The first-order valence-electron chi connectivity index (χ1n) is 8.65. The predicted molar refractivity (Wildman–Crippen MR) is 121 cm³/mol. The van der Waals surface area contributed by atoms with Crippen LogP contribution in [0.2, 0.25) is 0 Å². The van der Waals surface area contributed by atoms with Crippen molar-refractivity contribution >= 4 is 41.3 Å². The third-order valence-corrected chi connectivity index (χ3v) is 4.48. The van der Waals surface area contributed by atoms with Gasteiger partial charge in [0.2, 0.25) is 5.88 Å². The fraction of sp³-hybridized carbons (Fsp3) is 0.474. The Morgan fingerprint density at radius 2 is 2.04 bits per heavy atom. The fourth-order valence-corrected chi connectivity index (χ4v) is 3.22. The minimum Gasteiger partial charge on any atom is -0.475 e. The van der Waals surface area contributed by atoms with E-state index in [1.165, 1.54) is 4.88 Å². The van der Waals surface area contributed by atoms with Gasteiger partial charge in [-0.05, 0) is 43.2 Å². The summed E-state index contributed by atoms with van der Waals surface area (Å²) >= 11 is 1.81. The number of hydrogen-bond acceptors (Lipinski definition) is 4. The molecule has 0 aliphatic carbocycles. The molecule has 0 aromatic carbocycles. The number of rotatable bonds is 8. The highest BCUT2D eigenvalue weighted by molar-refractivity contribution is 14.0. The van der Waals surface area contributed by atoms with Gasteiger partial charge in [-0.3, -0.25) is 4.99 Å². The van der Waals surface area contributed by atoms with Crippen LogP contribution in [0.3, 0.4) is 0 Å². The van der Waals surface area contributed by atoms with Crippen LogP contribution in [0.25, 0.3) is 0 Å². The van der Waals surface area contributed by atoms with E-state index in [9.17, 15) is 0 Å². The van der Waals surface area contributed by atoms with E-state index < -0.39 is 0 Å². The van der Waals surface area contributed by atoms with Crippen molar-refractivity contribution in [3.63, 3.8) is 0 Å². The molecule has 2 rings (SSSR count). The van der Waals surface area contributed by atoms with E-state index in [4.69, 9.17) is 4.74 Å². The van der Waals surface area contributed by atoms with Gasteiger partial charge in [0.25, 0.3) is 0 Å². The van der Waals surface area contributed by atoms with Crippen LogP contribution >= 0.6 is 35.3 Å². The fourth-order valence-electron chi connectivity index (χ4n) is 2.35. The highest BCUT2D eigenvalue weighted by Crippen LogP contribution is 2.13. The van der Waals surface area contributed by atoms with E-state index in [0.717, 1.165) is 24.5 Å². The van der Waals surface area contributed by atoms with Gasteiger partial charge in [0, 0.05) is 37.3 Å². The summed E-state index contributed by atoms with van der Waals surface area (Å²) in [5.74, 6) is 2.01. The molecule has 0 bridgehead atoms. The first kappa shape index (κ1) is 22.7. The van der Waals surface area contributed by atoms with Crippen LogP contribution in [0.1, 0.15) is 31.2 Å². The molecule has 0 aliphatic rings. The van der Waals surface area contributed by atoms with E-state index >= 15 is 0 Å². The number of ether oxygens (including phenoxy) is 1. The minimum absolute atomic E-state index is 0. The summed E-state index contributed by atoms with van der Waals surface area (Å²) in [6, 6.07) is 8.21. The molecule has 1 unspecified atom stereocenters. The zero-order chi connectivity index (χ0) is 18.1. The highest BCUT2D eigenvalue weighted by Gasteiger charge is 2.06. The standard InChI is InChI=1S/C19H28N4OS.HI/c1-14(2)24-18-8-7-16(12-21-18)13-23-19(20-4)22-11-15(3)10-17-6-5-9-25-17;/h5-9,12,14-15H,10-11,13H2,1-4H3,(H2,20,22,23);1H. The van der Waals surface area contributed by atoms with Crippen LogP contribution in [0.15, 0.2) is 40.8 Å². The number of aromatic nitrogens is 1. The lowest BCUT2D eigenvalue weighted by atomic mass is 10.1. The molecule has 0 radical (unpaired) electrons. The van der Waals surface area contributed by atoms with Crippen LogP contribution in [-0.4, -0.2) is 30.6 Å². The van der Waals surface area contributed by atoms with E-state index in [-0.39, 0.29) is 30.1 Å². The molecule has 144 valence electrons. The second-order valence-electron chi connectivity index (χ2n) is 6.37. The Balaban J connectivity index is 0.00000338. The van der Waals surface area contributed by atoms with Gasteiger partial charge < -0.3 is 15.4 Å². The maximum atomic E-state index is 5.56. The summed E-state index contributed by atoms with van der Waals surface area (Å²) in [4.78, 5) is 10.0. The number of nitrogens with zero attached hydrogens (tertiary/aromatic N) is 2. The van der Waals surface area contributed by atoms with Crippen molar-refractivity contribution in [3.8, 4) is 5.88 Å². The van der Waals surface area contributed by atoms with Gasteiger partial charge in [-0.1, -0.05) is 19.1 Å². The lowest BCUT2D eigenvalue weighted by molar-refractivity contribution is 0.232. The second kappa shape index (κ2) is 12.1. The molecule has 1 atom stereocenters. The summed E-state index contributed by atoms with van der Waals surface area (Å²) in [6.07, 6.45) is 3.05. The Bertz CT molecular complexity index is 644. The third kappa shape index (κ3) is 8.35. The van der Waals surface area contributed by atoms with E-state index in [0.29, 0.717) is 18.3 Å². The third-order valence-electron chi connectivity index (χ3n) is 3.59. The topological polar surface area (TPSA) is 58.5 Å². The molecule has 2 aromatic heterocycles. The Morgan fingerprint density at radius 3 is 2.62 bits per heavy atom. The van der Waals surface area contributed by atoms with Crippen molar-refractivity contribution in [1.82, 2.24) is 15.6 Å². The van der Waals surface area contributed by atoms with Crippen LogP contribution in [0.5, 0.6) is 5.88 Å². The van der Waals surface area contributed by atoms with Crippen LogP contribution < -0.4 is 15.4 Å². The predicted octanol–water partition coefficient (Wildman–Crippen LogP) is 4.09. The molecule has 2 N–H and O–H groups in total. The van der Waals surface area contributed by atoms with Gasteiger partial charge in [0.15, 0.2) is 5.96 Å². The maximum absolute atomic E-state index is 5.56. The number of pyridine rings is 1. The van der Waals surface area contributed by atoms with Crippen molar-refractivity contribution in [2.45, 2.75) is 39.8 Å². The van der Waals surface area contributed by atoms with E-state index in [1.807, 2.05) is 43.5 Å². The number of nitrogens with one attached hydrogen (secondary N) is 2. The monoisotopic (exact) mass is 488 g/mol. The zero-order valence-electron chi connectivity index (χ0n) is 15.9. The average molecular weight is 488 g/mol. The highest BCUT2D eigenvalue weighted by atomic mass is 127. The smallest absolute Gasteiger partial charge is 0.213 e. The van der Waals surface area contributed by atoms with Crippen molar-refractivity contribution in [2.75, 3.05) is 13.6 Å². The summed E-state index contributed by atoms with van der Waals surface area (Å²) in [5, 5.41) is 8.84. The quantitative estimate of drug-likeness (QED) is 0.334. The zero-order valence-corrected chi connectivity index (χ0v) is 19.0. The number of hydrogen-bond donors (Lipinski definition) is 2. The van der Waals surface area contributed by atoms with Gasteiger partial charge in [-0.25, -0.2) is 4.98 Å². The van der Waals surface area contributed by atoms with Gasteiger partial charge in [0.05, 0.1) is 6.10 Å². The molecule has 0 spiro atoms. The molecule has 7 heteroatoms. The second-order valence-corrected chi connectivity index (χ2v) is 7.40. The lowest BCUT2D eigenvalue weighted by Gasteiger charge is -2.16. The molecule has 0 saturated heterocycles. The number of guanidine groups is 1. The number of aliphatic imine (C=N–C) groups is 1. The first-order valence-corrected chi connectivity index (χ1v) is 9.53. The molecule has 5 nitrogen and oxygen atoms in total. The van der Waals surface area contributed by atoms with Gasteiger partial charge in [-0.2, -0.15) is 0 Å². The Hall–Kier alpha value is -1.35. The largest absolute Gasteiger partial charge is 0.475 e. The Kier molecular flexibility index (Phi) is 10.6. The van der Waals surface area contributed by atoms with Crippen molar-refractivity contribution < 1.29 is 4.74 Å². The Labute approximate surface area is 177 Å². The van der Waals surface area contributed by atoms with Crippen molar-refractivity contribution in [2.24, 2.45) is 10.9 Å². The molecule has 2 heterocycles. The summed E-state index contributed by atoms with van der Waals surface area (Å²) < 4.78 is 5.56. The van der Waals surface area contributed by atoms with Crippen LogP contribution in [-0.2, 0) is 13.0 Å². The SMILES string of the molecule is CN=C(NCc1ccc(OC(C)C)nc1)NCC(C)Cc1cccs1.I. The Morgan fingerprint density at radius 1 is 1.23 bits per heavy atom. The van der Waals surface area contributed by atoms with E-state index in [2.05, 4.69) is 45.0 Å². The normalized spacial score (nSPS) is 12.4. The van der Waals surface area contributed by atoms with Crippen LogP contribution in [0, 0.1) is 5.92 Å². The number of halogens is 1. The summed E-state index contributed by atoms with van der Waals surface area (Å²) in [5.41, 5.74) is 1.09.